The number of benzene rings is 1. The Kier molecular flexibility index (Phi) is 5.89. The molecule has 1 aliphatic rings. The molecule has 0 spiro atoms. The molecule has 0 N–H and O–H groups in total. The molecule has 1 heterocycles. The number of hydrogen-bond acceptors (Lipinski definition) is 2. The molecule has 1 aliphatic carbocycles. The fraction of sp³-hybridized carbons (Fsp3) is 0.500. The predicted molar refractivity (Wildman–Crippen MR) is 91.5 cm³/mol. The second kappa shape index (κ2) is 8.32. The van der Waals surface area contributed by atoms with E-state index in [1.165, 1.54) is 51.0 Å². The van der Waals surface area contributed by atoms with Crippen molar-refractivity contribution < 1.29 is 8.78 Å². The summed E-state index contributed by atoms with van der Waals surface area (Å²) in [6, 6.07) is 3.73. The third-order valence-corrected chi connectivity index (χ3v) is 4.94. The number of halogens is 2. The van der Waals surface area contributed by atoms with E-state index in [4.69, 9.17) is 0 Å². The van der Waals surface area contributed by atoms with Crippen LogP contribution in [-0.2, 0) is 6.42 Å². The van der Waals surface area contributed by atoms with Crippen molar-refractivity contribution in [2.24, 2.45) is 5.92 Å². The van der Waals surface area contributed by atoms with Crippen LogP contribution in [0.1, 0.15) is 56.9 Å². The summed E-state index contributed by atoms with van der Waals surface area (Å²) in [4.78, 5) is 8.56. The lowest BCUT2D eigenvalue weighted by molar-refractivity contribution is 0.468. The Morgan fingerprint density at radius 2 is 1.67 bits per heavy atom. The molecule has 1 aromatic carbocycles. The molecular weight excluding hydrogens is 306 g/mol. The maximum absolute atomic E-state index is 13.3. The highest BCUT2D eigenvalue weighted by Crippen LogP contribution is 2.29. The van der Waals surface area contributed by atoms with Gasteiger partial charge in [0, 0.05) is 18.0 Å². The van der Waals surface area contributed by atoms with Gasteiger partial charge in [0.2, 0.25) is 0 Å². The number of hydrogen-bond donors (Lipinski definition) is 0. The van der Waals surface area contributed by atoms with Crippen LogP contribution in [0.4, 0.5) is 8.78 Å². The number of nitrogens with zero attached hydrogens (tertiary/aromatic N) is 2. The number of unbranched alkanes of at least 4 members (excludes halogenated alkanes) is 2. The molecule has 3 rings (SSSR count). The lowest BCUT2D eigenvalue weighted by Crippen LogP contribution is -1.95. The van der Waals surface area contributed by atoms with Crippen molar-refractivity contribution in [2.75, 3.05) is 0 Å². The van der Waals surface area contributed by atoms with Crippen LogP contribution in [0.25, 0.3) is 11.4 Å². The summed E-state index contributed by atoms with van der Waals surface area (Å²) in [5.74, 6) is -0.321. The van der Waals surface area contributed by atoms with Crippen LogP contribution in [0.2, 0.25) is 0 Å². The largest absolute Gasteiger partial charge is 0.236 e. The van der Waals surface area contributed by atoms with E-state index >= 15 is 0 Å². The summed E-state index contributed by atoms with van der Waals surface area (Å²) in [6.07, 6.45) is 15.4. The number of aromatic nitrogens is 2. The smallest absolute Gasteiger partial charge is 0.159 e. The van der Waals surface area contributed by atoms with Crippen LogP contribution >= 0.6 is 0 Å². The molecule has 1 saturated carbocycles. The molecule has 128 valence electrons. The van der Waals surface area contributed by atoms with Gasteiger partial charge in [-0.2, -0.15) is 0 Å². The van der Waals surface area contributed by atoms with E-state index in [0.717, 1.165) is 36.5 Å². The van der Waals surface area contributed by atoms with Crippen LogP contribution in [0.3, 0.4) is 0 Å². The molecular formula is C20H24F2N2. The molecule has 0 saturated heterocycles. The highest BCUT2D eigenvalue weighted by atomic mass is 19.2. The highest BCUT2D eigenvalue weighted by molar-refractivity contribution is 5.54. The first-order valence-corrected chi connectivity index (χ1v) is 8.99. The Morgan fingerprint density at radius 3 is 2.38 bits per heavy atom. The quantitative estimate of drug-likeness (QED) is 0.607. The maximum Gasteiger partial charge on any atom is 0.159 e. The van der Waals surface area contributed by atoms with E-state index in [-0.39, 0.29) is 0 Å². The Hall–Kier alpha value is -1.84. The Balaban J connectivity index is 1.45. The molecule has 0 unspecified atom stereocenters. The minimum atomic E-state index is -0.873. The minimum Gasteiger partial charge on any atom is -0.236 e. The lowest BCUT2D eigenvalue weighted by atomic mass is 9.99. The van der Waals surface area contributed by atoms with Crippen LogP contribution in [0, 0.1) is 17.6 Å². The molecule has 0 aliphatic heterocycles. The topological polar surface area (TPSA) is 25.8 Å². The van der Waals surface area contributed by atoms with Crippen molar-refractivity contribution in [3.8, 4) is 11.4 Å². The standard InChI is InChI=1S/C20H24F2N2/c21-18-11-10-17(12-19(18)22)20-23-13-16(14-24-20)9-3-1-2-6-15-7-4-5-8-15/h10-15H,1-9H2. The van der Waals surface area contributed by atoms with Gasteiger partial charge in [-0.1, -0.05) is 44.9 Å². The Bertz CT molecular complexity index is 649. The Labute approximate surface area is 142 Å². The number of aryl methyl sites for hydroxylation is 1. The third kappa shape index (κ3) is 4.59. The van der Waals surface area contributed by atoms with Crippen molar-refractivity contribution in [3.63, 3.8) is 0 Å². The van der Waals surface area contributed by atoms with E-state index in [1.807, 2.05) is 0 Å². The summed E-state index contributed by atoms with van der Waals surface area (Å²) < 4.78 is 26.2. The molecule has 0 radical (unpaired) electrons. The Morgan fingerprint density at radius 1 is 0.917 bits per heavy atom. The third-order valence-electron chi connectivity index (χ3n) is 4.94. The summed E-state index contributed by atoms with van der Waals surface area (Å²) in [7, 11) is 0. The first kappa shape index (κ1) is 17.0. The van der Waals surface area contributed by atoms with E-state index in [9.17, 15) is 8.78 Å². The second-order valence-corrected chi connectivity index (χ2v) is 6.79. The molecule has 0 amide bonds. The van der Waals surface area contributed by atoms with Gasteiger partial charge in [-0.05, 0) is 42.5 Å². The first-order valence-electron chi connectivity index (χ1n) is 8.99. The SMILES string of the molecule is Fc1ccc(-c2ncc(CCCCCC3CCCC3)cn2)cc1F. The molecule has 4 heteroatoms. The van der Waals surface area contributed by atoms with Gasteiger partial charge in [0.05, 0.1) is 0 Å². The molecule has 0 atom stereocenters. The van der Waals surface area contributed by atoms with Crippen LogP contribution in [-0.4, -0.2) is 9.97 Å². The maximum atomic E-state index is 13.3. The highest BCUT2D eigenvalue weighted by Gasteiger charge is 2.13. The van der Waals surface area contributed by atoms with Crippen molar-refractivity contribution in [2.45, 2.75) is 57.8 Å². The van der Waals surface area contributed by atoms with Gasteiger partial charge >= 0.3 is 0 Å². The zero-order valence-corrected chi connectivity index (χ0v) is 14.0. The van der Waals surface area contributed by atoms with Crippen LogP contribution < -0.4 is 0 Å². The fourth-order valence-electron chi connectivity index (χ4n) is 3.51. The van der Waals surface area contributed by atoms with Crippen molar-refractivity contribution in [1.82, 2.24) is 9.97 Å². The monoisotopic (exact) mass is 330 g/mol. The van der Waals surface area contributed by atoms with Crippen molar-refractivity contribution >= 4 is 0 Å². The van der Waals surface area contributed by atoms with E-state index in [0.29, 0.717) is 11.4 Å². The fourth-order valence-corrected chi connectivity index (χ4v) is 3.51. The van der Waals surface area contributed by atoms with E-state index < -0.39 is 11.6 Å². The zero-order chi connectivity index (χ0) is 16.8. The van der Waals surface area contributed by atoms with Gasteiger partial charge in [0.1, 0.15) is 0 Å². The van der Waals surface area contributed by atoms with E-state index in [1.54, 1.807) is 12.4 Å². The lowest BCUT2D eigenvalue weighted by Gasteiger charge is -2.08. The average Bonchev–Trinajstić information content (AvgIpc) is 3.11. The first-order chi connectivity index (χ1) is 11.7. The van der Waals surface area contributed by atoms with Crippen LogP contribution in [0.5, 0.6) is 0 Å². The second-order valence-electron chi connectivity index (χ2n) is 6.79. The minimum absolute atomic E-state index is 0.430. The molecule has 24 heavy (non-hydrogen) atoms. The zero-order valence-electron chi connectivity index (χ0n) is 14.0. The normalized spacial score (nSPS) is 15.1. The summed E-state index contributed by atoms with van der Waals surface area (Å²) >= 11 is 0. The summed E-state index contributed by atoms with van der Waals surface area (Å²) in [5.41, 5.74) is 1.60. The average molecular weight is 330 g/mol. The van der Waals surface area contributed by atoms with E-state index in [2.05, 4.69) is 9.97 Å². The van der Waals surface area contributed by atoms with Crippen LogP contribution in [0.15, 0.2) is 30.6 Å². The van der Waals surface area contributed by atoms with Gasteiger partial charge in [0.15, 0.2) is 17.5 Å². The van der Waals surface area contributed by atoms with Gasteiger partial charge in [-0.15, -0.1) is 0 Å². The predicted octanol–water partition coefficient (Wildman–Crippen LogP) is 5.71. The molecule has 2 aromatic rings. The number of rotatable bonds is 7. The van der Waals surface area contributed by atoms with Gasteiger partial charge in [-0.3, -0.25) is 0 Å². The molecule has 2 nitrogen and oxygen atoms in total. The summed E-state index contributed by atoms with van der Waals surface area (Å²) in [5, 5.41) is 0. The van der Waals surface area contributed by atoms with Gasteiger partial charge < -0.3 is 0 Å². The van der Waals surface area contributed by atoms with Crippen molar-refractivity contribution in [3.05, 3.63) is 47.8 Å². The molecule has 1 aromatic heterocycles. The molecule has 1 fully saturated rings. The van der Waals surface area contributed by atoms with Crippen molar-refractivity contribution in [1.29, 1.82) is 0 Å². The summed E-state index contributed by atoms with van der Waals surface area (Å²) in [6.45, 7) is 0. The van der Waals surface area contributed by atoms with Gasteiger partial charge in [0.25, 0.3) is 0 Å². The molecule has 0 bridgehead atoms. The van der Waals surface area contributed by atoms with Gasteiger partial charge in [-0.25, -0.2) is 18.7 Å².